The zero-order valence-electron chi connectivity index (χ0n) is 8.37. The fourth-order valence-corrected chi connectivity index (χ4v) is 2.27. The quantitative estimate of drug-likeness (QED) is 0.692. The second-order valence-electron chi connectivity index (χ2n) is 3.87. The molecule has 0 saturated heterocycles. The molecular weight excluding hydrogens is 196 g/mol. The highest BCUT2D eigenvalue weighted by molar-refractivity contribution is 6.18. The molecule has 2 rings (SSSR count). The Morgan fingerprint density at radius 2 is 2.00 bits per heavy atom. The van der Waals surface area contributed by atoms with Gasteiger partial charge in [-0.05, 0) is 36.5 Å². The van der Waals surface area contributed by atoms with Gasteiger partial charge < -0.3 is 4.74 Å². The first-order chi connectivity index (χ1) is 6.85. The molecule has 0 amide bonds. The normalized spacial score (nSPS) is 17.9. The van der Waals surface area contributed by atoms with E-state index in [1.807, 2.05) is 12.1 Å². The first-order valence-electron chi connectivity index (χ1n) is 5.05. The number of hydrogen-bond acceptors (Lipinski definition) is 1. The fraction of sp³-hybridized carbons (Fsp3) is 0.500. The van der Waals surface area contributed by atoms with Crippen molar-refractivity contribution in [2.75, 3.05) is 13.0 Å². The second kappa shape index (κ2) is 4.22. The Bertz CT molecular complexity index is 290. The highest BCUT2D eigenvalue weighted by atomic mass is 35.5. The van der Waals surface area contributed by atoms with Gasteiger partial charge in [-0.25, -0.2) is 0 Å². The maximum Gasteiger partial charge on any atom is 0.118 e. The SMILES string of the molecule is COc1ccc(C(CCl)C2CC2)cc1. The molecule has 1 atom stereocenters. The molecule has 1 aromatic carbocycles. The summed E-state index contributed by atoms with van der Waals surface area (Å²) in [7, 11) is 1.69. The third-order valence-electron chi connectivity index (χ3n) is 2.90. The number of halogens is 1. The highest BCUT2D eigenvalue weighted by Gasteiger charge is 2.31. The minimum Gasteiger partial charge on any atom is -0.497 e. The van der Waals surface area contributed by atoms with Crippen molar-refractivity contribution in [1.82, 2.24) is 0 Å². The predicted molar refractivity (Wildman–Crippen MR) is 59.2 cm³/mol. The Hall–Kier alpha value is -0.690. The van der Waals surface area contributed by atoms with Crippen LogP contribution in [0.4, 0.5) is 0 Å². The summed E-state index contributed by atoms with van der Waals surface area (Å²) < 4.78 is 5.13. The molecule has 14 heavy (non-hydrogen) atoms. The van der Waals surface area contributed by atoms with Gasteiger partial charge in [-0.3, -0.25) is 0 Å². The molecule has 2 heteroatoms. The van der Waals surface area contributed by atoms with Crippen LogP contribution in [0.2, 0.25) is 0 Å². The van der Waals surface area contributed by atoms with E-state index < -0.39 is 0 Å². The highest BCUT2D eigenvalue weighted by Crippen LogP contribution is 2.43. The third kappa shape index (κ3) is 2.03. The summed E-state index contributed by atoms with van der Waals surface area (Å²) in [6.07, 6.45) is 2.67. The lowest BCUT2D eigenvalue weighted by Crippen LogP contribution is -2.02. The molecule has 1 nitrogen and oxygen atoms in total. The van der Waals surface area contributed by atoms with Crippen molar-refractivity contribution < 1.29 is 4.74 Å². The van der Waals surface area contributed by atoms with Crippen LogP contribution >= 0.6 is 11.6 Å². The molecule has 1 fully saturated rings. The number of methoxy groups -OCH3 is 1. The molecule has 0 aromatic heterocycles. The van der Waals surface area contributed by atoms with E-state index in [1.54, 1.807) is 7.11 Å². The van der Waals surface area contributed by atoms with Crippen LogP contribution in [0.1, 0.15) is 24.3 Å². The second-order valence-corrected chi connectivity index (χ2v) is 4.18. The zero-order chi connectivity index (χ0) is 9.97. The van der Waals surface area contributed by atoms with Gasteiger partial charge in [-0.2, -0.15) is 0 Å². The van der Waals surface area contributed by atoms with Gasteiger partial charge in [-0.15, -0.1) is 11.6 Å². The van der Waals surface area contributed by atoms with E-state index in [0.717, 1.165) is 17.5 Å². The van der Waals surface area contributed by atoms with Crippen molar-refractivity contribution in [3.8, 4) is 5.75 Å². The number of ether oxygens (including phenoxy) is 1. The van der Waals surface area contributed by atoms with Crippen molar-refractivity contribution in [2.45, 2.75) is 18.8 Å². The van der Waals surface area contributed by atoms with Gasteiger partial charge >= 0.3 is 0 Å². The van der Waals surface area contributed by atoms with E-state index in [2.05, 4.69) is 12.1 Å². The van der Waals surface area contributed by atoms with Crippen LogP contribution < -0.4 is 4.74 Å². The van der Waals surface area contributed by atoms with E-state index in [-0.39, 0.29) is 0 Å². The largest absolute Gasteiger partial charge is 0.497 e. The molecular formula is C12H15ClO. The smallest absolute Gasteiger partial charge is 0.118 e. The fourth-order valence-electron chi connectivity index (χ4n) is 1.84. The average Bonchev–Trinajstić information content (AvgIpc) is 3.04. The molecule has 76 valence electrons. The number of rotatable bonds is 4. The number of alkyl halides is 1. The van der Waals surface area contributed by atoms with Crippen LogP contribution in [-0.2, 0) is 0 Å². The molecule has 0 spiro atoms. The zero-order valence-corrected chi connectivity index (χ0v) is 9.13. The summed E-state index contributed by atoms with van der Waals surface area (Å²) in [6, 6.07) is 8.28. The predicted octanol–water partition coefficient (Wildman–Crippen LogP) is 3.43. The molecule has 1 saturated carbocycles. The third-order valence-corrected chi connectivity index (χ3v) is 3.23. The van der Waals surface area contributed by atoms with Crippen molar-refractivity contribution in [3.63, 3.8) is 0 Å². The van der Waals surface area contributed by atoms with Crippen LogP contribution in [0.25, 0.3) is 0 Å². The van der Waals surface area contributed by atoms with Crippen molar-refractivity contribution >= 4 is 11.6 Å². The summed E-state index contributed by atoms with van der Waals surface area (Å²) in [5.41, 5.74) is 1.35. The van der Waals surface area contributed by atoms with E-state index in [9.17, 15) is 0 Å². The van der Waals surface area contributed by atoms with E-state index in [4.69, 9.17) is 16.3 Å². The average molecular weight is 211 g/mol. The lowest BCUT2D eigenvalue weighted by Gasteiger charge is -2.13. The van der Waals surface area contributed by atoms with E-state index in [0.29, 0.717) is 5.92 Å². The molecule has 1 aliphatic carbocycles. The summed E-state index contributed by atoms with van der Waals surface area (Å²) in [5.74, 6) is 3.01. The molecule has 0 heterocycles. The molecule has 1 unspecified atom stereocenters. The Balaban J connectivity index is 2.13. The van der Waals surface area contributed by atoms with Crippen molar-refractivity contribution in [1.29, 1.82) is 0 Å². The van der Waals surface area contributed by atoms with Gasteiger partial charge in [0.05, 0.1) is 7.11 Å². The Kier molecular flexibility index (Phi) is 2.97. The molecule has 1 aromatic rings. The van der Waals surface area contributed by atoms with Gasteiger partial charge in [-0.1, -0.05) is 12.1 Å². The molecule has 0 aliphatic heterocycles. The van der Waals surface area contributed by atoms with Crippen LogP contribution in [-0.4, -0.2) is 13.0 Å². The van der Waals surface area contributed by atoms with Crippen molar-refractivity contribution in [3.05, 3.63) is 29.8 Å². The standard InChI is InChI=1S/C12H15ClO/c1-14-11-6-4-10(5-7-11)12(8-13)9-2-3-9/h4-7,9,12H,2-3,8H2,1H3. The number of hydrogen-bond donors (Lipinski definition) is 0. The van der Waals surface area contributed by atoms with E-state index in [1.165, 1.54) is 18.4 Å². The van der Waals surface area contributed by atoms with Gasteiger partial charge in [0.25, 0.3) is 0 Å². The monoisotopic (exact) mass is 210 g/mol. The Morgan fingerprint density at radius 3 is 2.43 bits per heavy atom. The minimum absolute atomic E-state index is 0.544. The minimum atomic E-state index is 0.544. The molecule has 0 N–H and O–H groups in total. The number of benzene rings is 1. The Labute approximate surface area is 90.0 Å². The van der Waals surface area contributed by atoms with Crippen LogP contribution in [0.5, 0.6) is 5.75 Å². The molecule has 0 radical (unpaired) electrons. The maximum absolute atomic E-state index is 5.98. The Morgan fingerprint density at radius 1 is 1.36 bits per heavy atom. The van der Waals surface area contributed by atoms with Gasteiger partial charge in [0.15, 0.2) is 0 Å². The van der Waals surface area contributed by atoms with Gasteiger partial charge in [0.2, 0.25) is 0 Å². The summed E-state index contributed by atoms with van der Waals surface area (Å²) in [4.78, 5) is 0. The molecule has 0 bridgehead atoms. The first-order valence-corrected chi connectivity index (χ1v) is 5.58. The van der Waals surface area contributed by atoms with Crippen molar-refractivity contribution in [2.24, 2.45) is 5.92 Å². The van der Waals surface area contributed by atoms with Crippen LogP contribution in [0.3, 0.4) is 0 Å². The summed E-state index contributed by atoms with van der Waals surface area (Å²) in [5, 5.41) is 0. The lowest BCUT2D eigenvalue weighted by atomic mass is 9.96. The van der Waals surface area contributed by atoms with Crippen LogP contribution in [0, 0.1) is 5.92 Å². The van der Waals surface area contributed by atoms with Gasteiger partial charge in [0, 0.05) is 11.8 Å². The van der Waals surface area contributed by atoms with Crippen LogP contribution in [0.15, 0.2) is 24.3 Å². The summed E-state index contributed by atoms with van der Waals surface area (Å²) in [6.45, 7) is 0. The summed E-state index contributed by atoms with van der Waals surface area (Å²) >= 11 is 5.98. The van der Waals surface area contributed by atoms with Gasteiger partial charge in [0.1, 0.15) is 5.75 Å². The van der Waals surface area contributed by atoms with E-state index >= 15 is 0 Å². The lowest BCUT2D eigenvalue weighted by molar-refractivity contribution is 0.414. The maximum atomic E-state index is 5.98. The first kappa shape index (κ1) is 9.85. The topological polar surface area (TPSA) is 9.23 Å². The molecule has 1 aliphatic rings.